The van der Waals surface area contributed by atoms with Gasteiger partial charge in [-0.2, -0.15) is 0 Å². The Hall–Kier alpha value is -0.0400. The minimum absolute atomic E-state index is 0.333. The molecule has 3 rings (SSSR count). The molecule has 0 bridgehead atoms. The third-order valence-corrected chi connectivity index (χ3v) is 4.15. The van der Waals surface area contributed by atoms with Gasteiger partial charge in [-0.1, -0.05) is 12.8 Å². The molecular formula is C10H17N. The van der Waals surface area contributed by atoms with Crippen LogP contribution in [0.3, 0.4) is 0 Å². The molecule has 62 valence electrons. The van der Waals surface area contributed by atoms with Gasteiger partial charge >= 0.3 is 0 Å². The molecule has 3 unspecified atom stereocenters. The molecule has 0 saturated heterocycles. The van der Waals surface area contributed by atoms with Crippen LogP contribution in [0.15, 0.2) is 0 Å². The monoisotopic (exact) mass is 151 g/mol. The van der Waals surface area contributed by atoms with Crippen molar-refractivity contribution in [2.75, 3.05) is 0 Å². The van der Waals surface area contributed by atoms with Crippen LogP contribution in [-0.4, -0.2) is 5.54 Å². The molecule has 3 saturated carbocycles. The van der Waals surface area contributed by atoms with Gasteiger partial charge < -0.3 is 5.73 Å². The summed E-state index contributed by atoms with van der Waals surface area (Å²) in [7, 11) is 0. The highest BCUT2D eigenvalue weighted by Gasteiger charge is 2.56. The molecule has 3 atom stereocenters. The highest BCUT2D eigenvalue weighted by atomic mass is 14.9. The van der Waals surface area contributed by atoms with Crippen LogP contribution in [0.4, 0.5) is 0 Å². The minimum Gasteiger partial charge on any atom is -0.325 e. The van der Waals surface area contributed by atoms with Gasteiger partial charge in [0.2, 0.25) is 0 Å². The summed E-state index contributed by atoms with van der Waals surface area (Å²) in [5.41, 5.74) is 6.57. The molecule has 0 spiro atoms. The molecule has 0 aromatic heterocycles. The van der Waals surface area contributed by atoms with Crippen molar-refractivity contribution < 1.29 is 0 Å². The van der Waals surface area contributed by atoms with Crippen molar-refractivity contribution in [3.05, 3.63) is 0 Å². The average molecular weight is 151 g/mol. The molecule has 3 fully saturated rings. The number of hydrogen-bond donors (Lipinski definition) is 1. The van der Waals surface area contributed by atoms with Gasteiger partial charge in [0.15, 0.2) is 0 Å². The van der Waals surface area contributed by atoms with E-state index in [1.807, 2.05) is 0 Å². The van der Waals surface area contributed by atoms with E-state index in [1.165, 1.54) is 38.5 Å². The van der Waals surface area contributed by atoms with Crippen LogP contribution in [-0.2, 0) is 0 Å². The fraction of sp³-hybridized carbons (Fsp3) is 1.00. The lowest BCUT2D eigenvalue weighted by Crippen LogP contribution is -2.35. The van der Waals surface area contributed by atoms with Gasteiger partial charge in [0.05, 0.1) is 0 Å². The summed E-state index contributed by atoms with van der Waals surface area (Å²) in [5.74, 6) is 3.10. The van der Waals surface area contributed by atoms with Crippen LogP contribution >= 0.6 is 0 Å². The van der Waals surface area contributed by atoms with Crippen molar-refractivity contribution in [2.45, 2.75) is 44.1 Å². The van der Waals surface area contributed by atoms with E-state index in [-0.39, 0.29) is 0 Å². The molecule has 0 aromatic carbocycles. The van der Waals surface area contributed by atoms with E-state index in [9.17, 15) is 0 Å². The van der Waals surface area contributed by atoms with E-state index in [0.29, 0.717) is 5.54 Å². The van der Waals surface area contributed by atoms with E-state index >= 15 is 0 Å². The first-order chi connectivity index (χ1) is 5.30. The van der Waals surface area contributed by atoms with Gasteiger partial charge in [-0.05, 0) is 43.4 Å². The van der Waals surface area contributed by atoms with Gasteiger partial charge in [-0.15, -0.1) is 0 Å². The molecule has 0 heterocycles. The quantitative estimate of drug-likeness (QED) is 0.608. The summed E-state index contributed by atoms with van der Waals surface area (Å²) in [5, 5.41) is 0. The molecule has 1 nitrogen and oxygen atoms in total. The molecule has 3 aliphatic carbocycles. The normalized spacial score (nSPS) is 51.5. The predicted octanol–water partition coefficient (Wildman–Crippen LogP) is 1.91. The van der Waals surface area contributed by atoms with Gasteiger partial charge in [0.25, 0.3) is 0 Å². The van der Waals surface area contributed by atoms with Crippen molar-refractivity contribution in [3.8, 4) is 0 Å². The summed E-state index contributed by atoms with van der Waals surface area (Å²) >= 11 is 0. The van der Waals surface area contributed by atoms with E-state index < -0.39 is 0 Å². The minimum atomic E-state index is 0.333. The van der Waals surface area contributed by atoms with Crippen molar-refractivity contribution in [1.82, 2.24) is 0 Å². The smallest absolute Gasteiger partial charge is 0.0187 e. The number of nitrogens with two attached hydrogens (primary N) is 1. The van der Waals surface area contributed by atoms with Crippen molar-refractivity contribution >= 4 is 0 Å². The maximum absolute atomic E-state index is 6.24. The number of rotatable bonds is 1. The number of fused-ring (bicyclic) bond motifs is 1. The van der Waals surface area contributed by atoms with Crippen LogP contribution in [0.5, 0.6) is 0 Å². The lowest BCUT2D eigenvalue weighted by molar-refractivity contribution is 0.271. The summed E-state index contributed by atoms with van der Waals surface area (Å²) in [6.45, 7) is 0. The standard InChI is InChI=1S/C10H17N/c11-10(4-5-10)9-3-1-2-7-6-8(7)9/h7-9H,1-6,11H2. The van der Waals surface area contributed by atoms with Crippen LogP contribution in [0, 0.1) is 17.8 Å². The van der Waals surface area contributed by atoms with Crippen molar-refractivity contribution in [2.24, 2.45) is 23.5 Å². The molecule has 0 aliphatic heterocycles. The molecule has 0 amide bonds. The highest BCUT2D eigenvalue weighted by Crippen LogP contribution is 2.60. The zero-order valence-electron chi connectivity index (χ0n) is 7.05. The Labute approximate surface area is 68.3 Å². The Kier molecular flexibility index (Phi) is 1.07. The SMILES string of the molecule is NC1(C2CCCC3CC32)CC1. The first kappa shape index (κ1) is 6.47. The van der Waals surface area contributed by atoms with Gasteiger partial charge in [-0.3, -0.25) is 0 Å². The van der Waals surface area contributed by atoms with Gasteiger partial charge in [0, 0.05) is 5.54 Å². The Morgan fingerprint density at radius 1 is 1.18 bits per heavy atom. The Morgan fingerprint density at radius 2 is 2.00 bits per heavy atom. The fourth-order valence-corrected chi connectivity index (χ4v) is 3.14. The molecule has 3 aliphatic rings. The van der Waals surface area contributed by atoms with Crippen molar-refractivity contribution in [1.29, 1.82) is 0 Å². The maximum atomic E-state index is 6.24. The topological polar surface area (TPSA) is 26.0 Å². The molecule has 11 heavy (non-hydrogen) atoms. The van der Waals surface area contributed by atoms with Crippen LogP contribution < -0.4 is 5.73 Å². The molecule has 1 heteroatoms. The van der Waals surface area contributed by atoms with Gasteiger partial charge in [-0.25, -0.2) is 0 Å². The predicted molar refractivity (Wildman–Crippen MR) is 45.1 cm³/mol. The Bertz CT molecular complexity index is 183. The first-order valence-corrected chi connectivity index (χ1v) is 5.08. The Morgan fingerprint density at radius 3 is 2.73 bits per heavy atom. The van der Waals surface area contributed by atoms with E-state index in [0.717, 1.165) is 17.8 Å². The zero-order valence-corrected chi connectivity index (χ0v) is 7.05. The lowest BCUT2D eigenvalue weighted by atomic mass is 9.82. The zero-order chi connectivity index (χ0) is 7.47. The average Bonchev–Trinajstić information content (AvgIpc) is 2.81. The number of hydrogen-bond acceptors (Lipinski definition) is 1. The summed E-state index contributed by atoms with van der Waals surface area (Å²) in [6.07, 6.45) is 8.57. The van der Waals surface area contributed by atoms with E-state index in [4.69, 9.17) is 5.73 Å². The molecule has 0 radical (unpaired) electrons. The summed E-state index contributed by atoms with van der Waals surface area (Å²) < 4.78 is 0. The third-order valence-electron chi connectivity index (χ3n) is 4.15. The van der Waals surface area contributed by atoms with E-state index in [2.05, 4.69) is 0 Å². The second-order valence-electron chi connectivity index (χ2n) is 4.93. The van der Waals surface area contributed by atoms with Crippen LogP contribution in [0.25, 0.3) is 0 Å². The molecule has 0 aromatic rings. The molecular weight excluding hydrogens is 134 g/mol. The highest BCUT2D eigenvalue weighted by molar-refractivity contribution is 5.11. The molecule has 2 N–H and O–H groups in total. The third kappa shape index (κ3) is 0.868. The van der Waals surface area contributed by atoms with Crippen LogP contribution in [0.2, 0.25) is 0 Å². The fourth-order valence-electron chi connectivity index (χ4n) is 3.14. The maximum Gasteiger partial charge on any atom is 0.0187 e. The second-order valence-corrected chi connectivity index (χ2v) is 4.93. The second kappa shape index (κ2) is 1.82. The summed E-state index contributed by atoms with van der Waals surface area (Å²) in [4.78, 5) is 0. The largest absolute Gasteiger partial charge is 0.325 e. The van der Waals surface area contributed by atoms with Crippen LogP contribution in [0.1, 0.15) is 38.5 Å². The van der Waals surface area contributed by atoms with E-state index in [1.54, 1.807) is 0 Å². The first-order valence-electron chi connectivity index (χ1n) is 5.08. The lowest BCUT2D eigenvalue weighted by Gasteiger charge is -2.27. The Balaban J connectivity index is 1.77. The van der Waals surface area contributed by atoms with Crippen molar-refractivity contribution in [3.63, 3.8) is 0 Å². The summed E-state index contributed by atoms with van der Waals surface area (Å²) in [6, 6.07) is 0. The van der Waals surface area contributed by atoms with Gasteiger partial charge in [0.1, 0.15) is 0 Å².